The summed E-state index contributed by atoms with van der Waals surface area (Å²) < 4.78 is 28.2. The number of piperidine rings is 1. The zero-order valence-corrected chi connectivity index (χ0v) is 12.8. The van der Waals surface area contributed by atoms with Gasteiger partial charge in [0, 0.05) is 13.1 Å². The molecule has 0 bridgehead atoms. The maximum Gasteiger partial charge on any atom is 0.231 e. The van der Waals surface area contributed by atoms with Crippen LogP contribution in [-0.2, 0) is 14.6 Å². The van der Waals surface area contributed by atoms with Crippen molar-refractivity contribution in [2.45, 2.75) is 32.1 Å². The fourth-order valence-electron chi connectivity index (χ4n) is 3.11. The molecule has 116 valence electrons. The van der Waals surface area contributed by atoms with Crippen molar-refractivity contribution in [3.63, 3.8) is 0 Å². The molecule has 3 rings (SSSR count). The van der Waals surface area contributed by atoms with Crippen LogP contribution in [0.15, 0.2) is 4.52 Å². The minimum absolute atomic E-state index is 0.00728. The van der Waals surface area contributed by atoms with Gasteiger partial charge in [0.2, 0.25) is 11.8 Å². The third-order valence-electron chi connectivity index (χ3n) is 4.21. The molecule has 7 nitrogen and oxygen atoms in total. The second-order valence-corrected chi connectivity index (χ2v) is 8.13. The number of rotatable bonds is 2. The van der Waals surface area contributed by atoms with Crippen LogP contribution in [0.25, 0.3) is 0 Å². The van der Waals surface area contributed by atoms with Crippen molar-refractivity contribution in [2.75, 3.05) is 24.6 Å². The molecule has 3 heterocycles. The Labute approximate surface area is 123 Å². The monoisotopic (exact) mass is 313 g/mol. The second-order valence-electron chi connectivity index (χ2n) is 5.90. The Balaban J connectivity index is 1.67. The average Bonchev–Trinajstić information content (AvgIpc) is 3.04. The van der Waals surface area contributed by atoms with Crippen molar-refractivity contribution in [1.29, 1.82) is 0 Å². The van der Waals surface area contributed by atoms with Crippen LogP contribution >= 0.6 is 0 Å². The van der Waals surface area contributed by atoms with E-state index in [2.05, 4.69) is 10.1 Å². The van der Waals surface area contributed by atoms with E-state index in [1.807, 2.05) is 0 Å². The highest BCUT2D eigenvalue weighted by molar-refractivity contribution is 7.91. The number of amides is 1. The quantitative estimate of drug-likeness (QED) is 0.790. The molecular weight excluding hydrogens is 294 g/mol. The van der Waals surface area contributed by atoms with Gasteiger partial charge in [0.1, 0.15) is 0 Å². The first kappa shape index (κ1) is 14.5. The molecule has 0 N–H and O–H groups in total. The smallest absolute Gasteiger partial charge is 0.231 e. The lowest BCUT2D eigenvalue weighted by Crippen LogP contribution is -2.42. The summed E-state index contributed by atoms with van der Waals surface area (Å²) in [6.45, 7) is 2.98. The summed E-state index contributed by atoms with van der Waals surface area (Å²) >= 11 is 0. The molecule has 21 heavy (non-hydrogen) atoms. The van der Waals surface area contributed by atoms with Crippen LogP contribution in [0.3, 0.4) is 0 Å². The lowest BCUT2D eigenvalue weighted by atomic mass is 9.96. The third kappa shape index (κ3) is 3.09. The molecule has 0 saturated carbocycles. The van der Waals surface area contributed by atoms with E-state index in [4.69, 9.17) is 4.52 Å². The topological polar surface area (TPSA) is 93.4 Å². The van der Waals surface area contributed by atoms with E-state index >= 15 is 0 Å². The van der Waals surface area contributed by atoms with E-state index in [9.17, 15) is 13.2 Å². The Morgan fingerprint density at radius 1 is 1.38 bits per heavy atom. The Hall–Kier alpha value is -1.44. The van der Waals surface area contributed by atoms with Gasteiger partial charge in [0.15, 0.2) is 15.7 Å². The van der Waals surface area contributed by atoms with Crippen LogP contribution in [0.5, 0.6) is 0 Å². The number of hydrogen-bond donors (Lipinski definition) is 0. The van der Waals surface area contributed by atoms with Gasteiger partial charge in [-0.25, -0.2) is 8.42 Å². The fraction of sp³-hybridized carbons (Fsp3) is 0.769. The number of carbonyl (C=O) groups is 1. The number of sulfone groups is 1. The SMILES string of the molecule is Cc1noc([C@@H]2CCCN(C(=O)[C@@H]3CCS(=O)(=O)C3)C2)n1. The number of aromatic nitrogens is 2. The molecule has 2 aliphatic rings. The van der Waals surface area contributed by atoms with Gasteiger partial charge in [0.05, 0.1) is 23.3 Å². The Morgan fingerprint density at radius 2 is 2.19 bits per heavy atom. The van der Waals surface area contributed by atoms with Crippen LogP contribution in [0.1, 0.15) is 36.9 Å². The zero-order chi connectivity index (χ0) is 15.0. The van der Waals surface area contributed by atoms with E-state index in [0.29, 0.717) is 31.2 Å². The fourth-order valence-corrected chi connectivity index (χ4v) is 4.84. The highest BCUT2D eigenvalue weighted by atomic mass is 32.2. The normalized spacial score (nSPS) is 28.7. The van der Waals surface area contributed by atoms with Crippen molar-refractivity contribution in [1.82, 2.24) is 15.0 Å². The first-order chi connectivity index (χ1) is 9.94. The van der Waals surface area contributed by atoms with Crippen LogP contribution in [0.2, 0.25) is 0 Å². The van der Waals surface area contributed by atoms with Crippen LogP contribution in [-0.4, -0.2) is 54.0 Å². The van der Waals surface area contributed by atoms with E-state index in [-0.39, 0.29) is 29.2 Å². The van der Waals surface area contributed by atoms with Crippen molar-refractivity contribution in [2.24, 2.45) is 5.92 Å². The Bertz CT molecular complexity index is 640. The molecule has 1 aromatic heterocycles. The predicted molar refractivity (Wildman–Crippen MR) is 74.4 cm³/mol. The van der Waals surface area contributed by atoms with Gasteiger partial charge >= 0.3 is 0 Å². The lowest BCUT2D eigenvalue weighted by Gasteiger charge is -2.32. The minimum Gasteiger partial charge on any atom is -0.342 e. The first-order valence-corrected chi connectivity index (χ1v) is 9.06. The Kier molecular flexibility index (Phi) is 3.73. The standard InChI is InChI=1S/C13H19N3O4S/c1-9-14-12(20-15-9)10-3-2-5-16(7-10)13(17)11-4-6-21(18,19)8-11/h10-11H,2-8H2,1H3/t10-,11-/m1/s1. The molecule has 2 saturated heterocycles. The second kappa shape index (κ2) is 5.40. The number of carbonyl (C=O) groups excluding carboxylic acids is 1. The maximum absolute atomic E-state index is 12.5. The molecule has 2 fully saturated rings. The minimum atomic E-state index is -3.03. The molecule has 0 radical (unpaired) electrons. The largest absolute Gasteiger partial charge is 0.342 e. The van der Waals surface area contributed by atoms with Crippen LogP contribution < -0.4 is 0 Å². The molecule has 0 aliphatic carbocycles. The third-order valence-corrected chi connectivity index (χ3v) is 5.98. The van der Waals surface area contributed by atoms with E-state index < -0.39 is 9.84 Å². The van der Waals surface area contributed by atoms with E-state index in [1.54, 1.807) is 11.8 Å². The molecule has 0 spiro atoms. The molecule has 2 aliphatic heterocycles. The molecular formula is C13H19N3O4S. The summed E-state index contributed by atoms with van der Waals surface area (Å²) in [6, 6.07) is 0. The lowest BCUT2D eigenvalue weighted by molar-refractivity contribution is -0.136. The number of aryl methyl sites for hydroxylation is 1. The van der Waals surface area contributed by atoms with E-state index in [1.165, 1.54) is 0 Å². The molecule has 1 aromatic rings. The van der Waals surface area contributed by atoms with E-state index in [0.717, 1.165) is 12.8 Å². The zero-order valence-electron chi connectivity index (χ0n) is 12.0. The van der Waals surface area contributed by atoms with Crippen molar-refractivity contribution < 1.29 is 17.7 Å². The maximum atomic E-state index is 12.5. The summed E-state index contributed by atoms with van der Waals surface area (Å²) in [6.07, 6.45) is 2.23. The number of hydrogen-bond acceptors (Lipinski definition) is 6. The average molecular weight is 313 g/mol. The van der Waals surface area contributed by atoms with Gasteiger partial charge in [-0.2, -0.15) is 4.98 Å². The number of likely N-dealkylation sites (tertiary alicyclic amines) is 1. The summed E-state index contributed by atoms with van der Waals surface area (Å²) in [5, 5.41) is 3.79. The Morgan fingerprint density at radius 3 is 2.81 bits per heavy atom. The van der Waals surface area contributed by atoms with Crippen molar-refractivity contribution in [3.8, 4) is 0 Å². The summed E-state index contributed by atoms with van der Waals surface area (Å²) in [4.78, 5) is 18.5. The van der Waals surface area contributed by atoms with Gasteiger partial charge in [-0.3, -0.25) is 4.79 Å². The highest BCUT2D eigenvalue weighted by Gasteiger charge is 2.37. The summed E-state index contributed by atoms with van der Waals surface area (Å²) in [5.74, 6) is 0.924. The van der Waals surface area contributed by atoms with Crippen LogP contribution in [0, 0.1) is 12.8 Å². The van der Waals surface area contributed by atoms with Gasteiger partial charge in [-0.1, -0.05) is 5.16 Å². The number of nitrogens with zero attached hydrogens (tertiary/aromatic N) is 3. The first-order valence-electron chi connectivity index (χ1n) is 7.24. The molecule has 1 amide bonds. The molecule has 0 aromatic carbocycles. The van der Waals surface area contributed by atoms with Crippen molar-refractivity contribution in [3.05, 3.63) is 11.7 Å². The molecule has 2 atom stereocenters. The summed E-state index contributed by atoms with van der Waals surface area (Å²) in [5.41, 5.74) is 0. The molecule has 0 unspecified atom stereocenters. The highest BCUT2D eigenvalue weighted by Crippen LogP contribution is 2.28. The van der Waals surface area contributed by atoms with Gasteiger partial charge in [-0.15, -0.1) is 0 Å². The summed E-state index contributed by atoms with van der Waals surface area (Å²) in [7, 11) is -3.03. The van der Waals surface area contributed by atoms with Crippen molar-refractivity contribution >= 4 is 15.7 Å². The van der Waals surface area contributed by atoms with Gasteiger partial charge in [-0.05, 0) is 26.2 Å². The van der Waals surface area contributed by atoms with Crippen LogP contribution in [0.4, 0.5) is 0 Å². The van der Waals surface area contributed by atoms with Gasteiger partial charge in [0.25, 0.3) is 0 Å². The van der Waals surface area contributed by atoms with Gasteiger partial charge < -0.3 is 9.42 Å². The predicted octanol–water partition coefficient (Wildman–Crippen LogP) is 0.519. The molecule has 8 heteroatoms.